The van der Waals surface area contributed by atoms with Crippen molar-refractivity contribution in [3.63, 3.8) is 0 Å². The van der Waals surface area contributed by atoms with Gasteiger partial charge in [0.2, 0.25) is 0 Å². The minimum atomic E-state index is 0.445. The van der Waals surface area contributed by atoms with Crippen LogP contribution in [-0.4, -0.2) is 24.9 Å². The zero-order valence-electron chi connectivity index (χ0n) is 9.46. The Balaban J connectivity index is 2.81. The molecule has 1 aliphatic rings. The number of halogens is 1. The standard InChI is InChI=1S/C11H17BrN2O/c1-4-10(12)11(13-8(2)15-3)14-9-6-5-7-9/h4,9H,5-7H2,1-3H3/b10-4+,13-8?,14-11?. The summed E-state index contributed by atoms with van der Waals surface area (Å²) in [7, 11) is 1.61. The van der Waals surface area contributed by atoms with Crippen LogP contribution in [0.3, 0.4) is 0 Å². The van der Waals surface area contributed by atoms with Crippen molar-refractivity contribution in [1.82, 2.24) is 0 Å². The number of aliphatic imine (C=N–C) groups is 2. The van der Waals surface area contributed by atoms with Gasteiger partial charge >= 0.3 is 0 Å². The summed E-state index contributed by atoms with van der Waals surface area (Å²) < 4.78 is 5.95. The van der Waals surface area contributed by atoms with Crippen LogP contribution >= 0.6 is 15.9 Å². The topological polar surface area (TPSA) is 34.0 Å². The number of allylic oxidation sites excluding steroid dienone is 1. The highest BCUT2D eigenvalue weighted by atomic mass is 79.9. The second kappa shape index (κ2) is 6.05. The maximum absolute atomic E-state index is 5.03. The Morgan fingerprint density at radius 2 is 2.13 bits per heavy atom. The van der Waals surface area contributed by atoms with Crippen LogP contribution in [0.15, 0.2) is 20.5 Å². The first-order chi connectivity index (χ1) is 7.17. The molecule has 4 heteroatoms. The number of hydrogen-bond acceptors (Lipinski definition) is 2. The molecule has 0 N–H and O–H groups in total. The molecule has 0 saturated heterocycles. The smallest absolute Gasteiger partial charge is 0.186 e. The Hall–Kier alpha value is -0.640. The SMILES string of the molecule is C/C=C(/Br)C(N=C(C)OC)=NC1CCC1. The zero-order valence-corrected chi connectivity index (χ0v) is 11.0. The van der Waals surface area contributed by atoms with Crippen molar-refractivity contribution in [3.8, 4) is 0 Å². The molecule has 0 radical (unpaired) electrons. The third-order valence-corrected chi connectivity index (χ3v) is 3.22. The van der Waals surface area contributed by atoms with Crippen LogP contribution in [0.25, 0.3) is 0 Å². The van der Waals surface area contributed by atoms with Crippen LogP contribution in [0.5, 0.6) is 0 Å². The average molecular weight is 273 g/mol. The molecular formula is C11H17BrN2O. The van der Waals surface area contributed by atoms with Crippen LogP contribution < -0.4 is 0 Å². The quantitative estimate of drug-likeness (QED) is 0.561. The van der Waals surface area contributed by atoms with Gasteiger partial charge in [-0.25, -0.2) is 0 Å². The highest BCUT2D eigenvalue weighted by molar-refractivity contribution is 9.12. The van der Waals surface area contributed by atoms with Gasteiger partial charge in [-0.2, -0.15) is 4.99 Å². The Kier molecular flexibility index (Phi) is 5.02. The van der Waals surface area contributed by atoms with Gasteiger partial charge in [0, 0.05) is 6.92 Å². The molecule has 0 amide bonds. The fraction of sp³-hybridized carbons (Fsp3) is 0.636. The molecule has 0 heterocycles. The summed E-state index contributed by atoms with van der Waals surface area (Å²) in [5, 5.41) is 0. The van der Waals surface area contributed by atoms with Crippen LogP contribution in [0.2, 0.25) is 0 Å². The molecule has 1 fully saturated rings. The zero-order chi connectivity index (χ0) is 11.3. The fourth-order valence-electron chi connectivity index (χ4n) is 1.16. The van der Waals surface area contributed by atoms with E-state index in [4.69, 9.17) is 4.74 Å². The average Bonchev–Trinajstić information content (AvgIpc) is 2.19. The molecule has 0 aromatic heterocycles. The van der Waals surface area contributed by atoms with Crippen LogP contribution in [0.4, 0.5) is 0 Å². The van der Waals surface area contributed by atoms with Gasteiger partial charge in [-0.05, 0) is 42.1 Å². The van der Waals surface area contributed by atoms with E-state index in [2.05, 4.69) is 25.9 Å². The maximum Gasteiger partial charge on any atom is 0.186 e. The minimum Gasteiger partial charge on any atom is -0.484 e. The van der Waals surface area contributed by atoms with E-state index in [-0.39, 0.29) is 0 Å². The summed E-state index contributed by atoms with van der Waals surface area (Å²) in [5.74, 6) is 1.37. The Morgan fingerprint density at radius 3 is 2.53 bits per heavy atom. The first-order valence-electron chi connectivity index (χ1n) is 5.16. The number of amidine groups is 1. The summed E-state index contributed by atoms with van der Waals surface area (Å²) in [6, 6.07) is 0.445. The van der Waals surface area contributed by atoms with E-state index in [0.29, 0.717) is 11.9 Å². The number of methoxy groups -OCH3 is 1. The van der Waals surface area contributed by atoms with E-state index >= 15 is 0 Å². The lowest BCUT2D eigenvalue weighted by atomic mass is 9.94. The van der Waals surface area contributed by atoms with E-state index in [1.165, 1.54) is 19.3 Å². The fourth-order valence-corrected chi connectivity index (χ4v) is 1.35. The van der Waals surface area contributed by atoms with Crippen molar-refractivity contribution in [2.45, 2.75) is 39.2 Å². The molecule has 15 heavy (non-hydrogen) atoms. The van der Waals surface area contributed by atoms with E-state index in [9.17, 15) is 0 Å². The lowest BCUT2D eigenvalue weighted by molar-refractivity contribution is 0.400. The molecule has 1 rings (SSSR count). The van der Waals surface area contributed by atoms with Crippen molar-refractivity contribution >= 4 is 27.7 Å². The molecule has 0 aromatic rings. The number of ether oxygens (including phenoxy) is 1. The Bertz CT molecular complexity index is 304. The molecule has 84 valence electrons. The molecule has 0 aliphatic heterocycles. The second-order valence-corrected chi connectivity index (χ2v) is 4.36. The molecular weight excluding hydrogens is 256 g/mol. The molecule has 0 spiro atoms. The van der Waals surface area contributed by atoms with E-state index in [0.717, 1.165) is 10.3 Å². The Morgan fingerprint density at radius 1 is 1.47 bits per heavy atom. The van der Waals surface area contributed by atoms with Crippen molar-refractivity contribution in [2.24, 2.45) is 9.98 Å². The van der Waals surface area contributed by atoms with Gasteiger partial charge in [-0.1, -0.05) is 6.08 Å². The van der Waals surface area contributed by atoms with Gasteiger partial charge in [0.25, 0.3) is 0 Å². The molecule has 3 nitrogen and oxygen atoms in total. The van der Waals surface area contributed by atoms with Crippen molar-refractivity contribution in [3.05, 3.63) is 10.6 Å². The molecule has 0 aromatic carbocycles. The number of hydrogen-bond donors (Lipinski definition) is 0. The van der Waals surface area contributed by atoms with Crippen molar-refractivity contribution < 1.29 is 4.74 Å². The molecule has 0 bridgehead atoms. The maximum atomic E-state index is 5.03. The van der Waals surface area contributed by atoms with Gasteiger partial charge in [-0.15, -0.1) is 0 Å². The molecule has 0 atom stereocenters. The minimum absolute atomic E-state index is 0.445. The van der Waals surface area contributed by atoms with E-state index in [1.807, 2.05) is 19.9 Å². The van der Waals surface area contributed by atoms with Gasteiger partial charge in [0.15, 0.2) is 11.7 Å². The predicted octanol–water partition coefficient (Wildman–Crippen LogP) is 3.30. The first-order valence-corrected chi connectivity index (χ1v) is 5.96. The van der Waals surface area contributed by atoms with Crippen molar-refractivity contribution in [2.75, 3.05) is 7.11 Å². The molecule has 0 unspecified atom stereocenters. The lowest BCUT2D eigenvalue weighted by Crippen LogP contribution is -2.17. The number of rotatable bonds is 2. The highest BCUT2D eigenvalue weighted by Crippen LogP contribution is 2.24. The van der Waals surface area contributed by atoms with Gasteiger partial charge < -0.3 is 4.74 Å². The predicted molar refractivity (Wildman–Crippen MR) is 67.9 cm³/mol. The van der Waals surface area contributed by atoms with Crippen LogP contribution in [-0.2, 0) is 4.74 Å². The monoisotopic (exact) mass is 272 g/mol. The molecule has 1 saturated carbocycles. The Labute approximate surface area is 99.5 Å². The summed E-state index contributed by atoms with van der Waals surface area (Å²) in [4.78, 5) is 8.89. The lowest BCUT2D eigenvalue weighted by Gasteiger charge is -2.21. The third kappa shape index (κ3) is 3.78. The normalized spacial score (nSPS) is 20.1. The summed E-state index contributed by atoms with van der Waals surface area (Å²) in [6.07, 6.45) is 5.58. The highest BCUT2D eigenvalue weighted by Gasteiger charge is 2.17. The van der Waals surface area contributed by atoms with Crippen LogP contribution in [0, 0.1) is 0 Å². The summed E-state index contributed by atoms with van der Waals surface area (Å²) >= 11 is 3.45. The van der Waals surface area contributed by atoms with Gasteiger partial charge in [0.1, 0.15) is 0 Å². The summed E-state index contributed by atoms with van der Waals surface area (Å²) in [5.41, 5.74) is 0. The second-order valence-electron chi connectivity index (χ2n) is 3.51. The summed E-state index contributed by atoms with van der Waals surface area (Å²) in [6.45, 7) is 3.78. The first kappa shape index (κ1) is 12.4. The number of nitrogens with zero attached hydrogens (tertiary/aromatic N) is 2. The van der Waals surface area contributed by atoms with Gasteiger partial charge in [-0.3, -0.25) is 4.99 Å². The third-order valence-electron chi connectivity index (χ3n) is 2.41. The van der Waals surface area contributed by atoms with Crippen molar-refractivity contribution in [1.29, 1.82) is 0 Å². The van der Waals surface area contributed by atoms with E-state index in [1.54, 1.807) is 7.11 Å². The van der Waals surface area contributed by atoms with E-state index < -0.39 is 0 Å². The van der Waals surface area contributed by atoms with Gasteiger partial charge in [0.05, 0.1) is 17.6 Å². The van der Waals surface area contributed by atoms with Crippen LogP contribution in [0.1, 0.15) is 33.1 Å². The molecule has 1 aliphatic carbocycles. The largest absolute Gasteiger partial charge is 0.484 e.